The smallest absolute Gasteiger partial charge is 0.315 e. The fourth-order valence-corrected chi connectivity index (χ4v) is 3.76. The Balaban J connectivity index is 1.35. The van der Waals surface area contributed by atoms with Crippen LogP contribution >= 0.6 is 0 Å². The van der Waals surface area contributed by atoms with Crippen LogP contribution in [0.25, 0.3) is 0 Å². The van der Waals surface area contributed by atoms with Crippen molar-refractivity contribution in [3.8, 4) is 0 Å². The van der Waals surface area contributed by atoms with Gasteiger partial charge in [-0.1, -0.05) is 12.1 Å². The summed E-state index contributed by atoms with van der Waals surface area (Å²) in [5.41, 5.74) is 1.08. The number of carbonyl (C=O) groups is 2. The number of halogens is 1. The Labute approximate surface area is 134 Å². The van der Waals surface area contributed by atoms with Gasteiger partial charge in [0.15, 0.2) is 0 Å². The van der Waals surface area contributed by atoms with E-state index in [0.717, 1.165) is 31.2 Å². The third-order valence-electron chi connectivity index (χ3n) is 4.95. The second-order valence-corrected chi connectivity index (χ2v) is 6.69. The Kier molecular flexibility index (Phi) is 4.24. The number of nitrogens with one attached hydrogen (secondary N) is 2. The minimum Gasteiger partial charge on any atom is -0.469 e. The monoisotopic (exact) mass is 320 g/mol. The molecule has 2 N–H and O–H groups in total. The quantitative estimate of drug-likeness (QED) is 0.837. The molecule has 0 aliphatic heterocycles. The van der Waals surface area contributed by atoms with Crippen molar-refractivity contribution >= 4 is 12.0 Å². The molecule has 1 spiro atoms. The first kappa shape index (κ1) is 15.8. The van der Waals surface area contributed by atoms with Gasteiger partial charge in [0.25, 0.3) is 0 Å². The second-order valence-electron chi connectivity index (χ2n) is 6.69. The summed E-state index contributed by atoms with van der Waals surface area (Å²) in [5, 5.41) is 5.71. The van der Waals surface area contributed by atoms with Crippen molar-refractivity contribution in [2.75, 3.05) is 7.11 Å². The van der Waals surface area contributed by atoms with Crippen LogP contribution in [0.5, 0.6) is 0 Å². The number of rotatable bonds is 4. The Hall–Kier alpha value is -2.11. The first-order chi connectivity index (χ1) is 11.0. The maximum absolute atomic E-state index is 12.8. The van der Waals surface area contributed by atoms with E-state index in [2.05, 4.69) is 10.6 Å². The molecule has 23 heavy (non-hydrogen) atoms. The molecule has 2 saturated carbocycles. The molecule has 1 aromatic rings. The number of benzene rings is 1. The molecule has 2 aliphatic carbocycles. The lowest BCUT2D eigenvalue weighted by Crippen LogP contribution is -2.58. The van der Waals surface area contributed by atoms with Crippen LogP contribution in [-0.4, -0.2) is 25.2 Å². The summed E-state index contributed by atoms with van der Waals surface area (Å²) < 4.78 is 17.5. The SMILES string of the molecule is COC(=O)C1CC2(CC(NC(=O)NCc3ccc(F)cc3)C2)C1. The zero-order valence-corrected chi connectivity index (χ0v) is 13.1. The molecule has 0 heterocycles. The van der Waals surface area contributed by atoms with Gasteiger partial charge in [-0.05, 0) is 48.8 Å². The van der Waals surface area contributed by atoms with Gasteiger partial charge in [0.2, 0.25) is 0 Å². The Morgan fingerprint density at radius 3 is 2.48 bits per heavy atom. The predicted octanol–water partition coefficient (Wildman–Crippen LogP) is 2.36. The third kappa shape index (κ3) is 3.46. The Morgan fingerprint density at radius 2 is 1.87 bits per heavy atom. The summed E-state index contributed by atoms with van der Waals surface area (Å²) in [4.78, 5) is 23.2. The van der Waals surface area contributed by atoms with Gasteiger partial charge in [-0.15, -0.1) is 0 Å². The van der Waals surface area contributed by atoms with Crippen molar-refractivity contribution < 1.29 is 18.7 Å². The van der Waals surface area contributed by atoms with E-state index in [-0.39, 0.29) is 35.2 Å². The molecule has 0 radical (unpaired) electrons. The highest BCUT2D eigenvalue weighted by atomic mass is 19.1. The van der Waals surface area contributed by atoms with Gasteiger partial charge >= 0.3 is 12.0 Å². The van der Waals surface area contributed by atoms with Crippen LogP contribution in [0.4, 0.5) is 9.18 Å². The van der Waals surface area contributed by atoms with Gasteiger partial charge in [-0.2, -0.15) is 0 Å². The highest BCUT2D eigenvalue weighted by Crippen LogP contribution is 2.58. The molecule has 124 valence electrons. The highest BCUT2D eigenvalue weighted by Gasteiger charge is 2.55. The molecule has 0 unspecified atom stereocenters. The standard InChI is InChI=1S/C17H21FN2O3/c1-23-15(21)12-6-17(7-12)8-14(9-17)20-16(22)19-10-11-2-4-13(18)5-3-11/h2-5,12,14H,6-10H2,1H3,(H2,19,20,22). The molecule has 0 aromatic heterocycles. The number of urea groups is 1. The lowest BCUT2D eigenvalue weighted by Gasteiger charge is -2.56. The molecule has 6 heteroatoms. The number of hydrogen-bond donors (Lipinski definition) is 2. The topological polar surface area (TPSA) is 67.4 Å². The summed E-state index contributed by atoms with van der Waals surface area (Å²) in [5.74, 6) is -0.374. The summed E-state index contributed by atoms with van der Waals surface area (Å²) in [6, 6.07) is 6.00. The van der Waals surface area contributed by atoms with Crippen LogP contribution in [0.15, 0.2) is 24.3 Å². The summed E-state index contributed by atoms with van der Waals surface area (Å²) in [6.45, 7) is 0.369. The average Bonchev–Trinajstić information content (AvgIpc) is 2.47. The van der Waals surface area contributed by atoms with Crippen LogP contribution in [0.1, 0.15) is 31.2 Å². The van der Waals surface area contributed by atoms with Crippen LogP contribution in [0.3, 0.4) is 0 Å². The number of esters is 1. The van der Waals surface area contributed by atoms with E-state index in [1.807, 2.05) is 0 Å². The molecule has 0 atom stereocenters. The van der Waals surface area contributed by atoms with E-state index in [1.165, 1.54) is 19.2 Å². The number of carbonyl (C=O) groups excluding carboxylic acids is 2. The molecule has 1 aromatic carbocycles. The summed E-state index contributed by atoms with van der Waals surface area (Å²) in [7, 11) is 1.42. The van der Waals surface area contributed by atoms with E-state index in [1.54, 1.807) is 12.1 Å². The largest absolute Gasteiger partial charge is 0.469 e. The van der Waals surface area contributed by atoms with E-state index in [9.17, 15) is 14.0 Å². The van der Waals surface area contributed by atoms with Crippen molar-refractivity contribution in [3.05, 3.63) is 35.6 Å². The lowest BCUT2D eigenvalue weighted by atomic mass is 9.50. The van der Waals surface area contributed by atoms with Crippen molar-refractivity contribution in [2.24, 2.45) is 11.3 Å². The maximum Gasteiger partial charge on any atom is 0.315 e. The molecular weight excluding hydrogens is 299 g/mol. The molecule has 2 fully saturated rings. The number of methoxy groups -OCH3 is 1. The van der Waals surface area contributed by atoms with Gasteiger partial charge in [0.05, 0.1) is 13.0 Å². The van der Waals surface area contributed by atoms with Gasteiger partial charge in [-0.25, -0.2) is 9.18 Å². The maximum atomic E-state index is 12.8. The summed E-state index contributed by atoms with van der Waals surface area (Å²) in [6.07, 6.45) is 3.58. The molecule has 2 amide bonds. The zero-order valence-electron chi connectivity index (χ0n) is 13.1. The van der Waals surface area contributed by atoms with Crippen LogP contribution in [-0.2, 0) is 16.1 Å². The van der Waals surface area contributed by atoms with Gasteiger partial charge < -0.3 is 15.4 Å². The Bertz CT molecular complexity index is 588. The van der Waals surface area contributed by atoms with E-state index >= 15 is 0 Å². The molecular formula is C17H21FN2O3. The van der Waals surface area contributed by atoms with Gasteiger partial charge in [0, 0.05) is 12.6 Å². The van der Waals surface area contributed by atoms with E-state index in [0.29, 0.717) is 6.54 Å². The number of hydrogen-bond acceptors (Lipinski definition) is 3. The highest BCUT2D eigenvalue weighted by molar-refractivity contribution is 5.75. The van der Waals surface area contributed by atoms with Crippen LogP contribution in [0.2, 0.25) is 0 Å². The van der Waals surface area contributed by atoms with E-state index in [4.69, 9.17) is 4.74 Å². The fraction of sp³-hybridized carbons (Fsp3) is 0.529. The first-order valence-electron chi connectivity index (χ1n) is 7.86. The molecule has 5 nitrogen and oxygen atoms in total. The van der Waals surface area contributed by atoms with E-state index < -0.39 is 0 Å². The Morgan fingerprint density at radius 1 is 1.22 bits per heavy atom. The molecule has 2 aliphatic rings. The first-order valence-corrected chi connectivity index (χ1v) is 7.86. The van der Waals surface area contributed by atoms with Crippen molar-refractivity contribution in [1.29, 1.82) is 0 Å². The fourth-order valence-electron chi connectivity index (χ4n) is 3.76. The van der Waals surface area contributed by atoms with Crippen molar-refractivity contribution in [1.82, 2.24) is 10.6 Å². The minimum atomic E-state index is -0.288. The normalized spacial score (nSPS) is 28.4. The summed E-state index contributed by atoms with van der Waals surface area (Å²) >= 11 is 0. The van der Waals surface area contributed by atoms with Crippen LogP contribution < -0.4 is 10.6 Å². The van der Waals surface area contributed by atoms with Crippen molar-refractivity contribution in [2.45, 2.75) is 38.3 Å². The molecule has 0 bridgehead atoms. The molecule has 3 rings (SSSR count). The predicted molar refractivity (Wildman–Crippen MR) is 82.0 cm³/mol. The minimum absolute atomic E-state index is 0.0354. The van der Waals surface area contributed by atoms with Gasteiger partial charge in [-0.3, -0.25) is 4.79 Å². The number of ether oxygens (including phenoxy) is 1. The number of amides is 2. The third-order valence-corrected chi connectivity index (χ3v) is 4.95. The van der Waals surface area contributed by atoms with Gasteiger partial charge in [0.1, 0.15) is 5.82 Å². The zero-order chi connectivity index (χ0) is 16.4. The molecule has 0 saturated heterocycles. The lowest BCUT2D eigenvalue weighted by molar-refractivity contribution is -0.159. The second kappa shape index (κ2) is 6.18. The van der Waals surface area contributed by atoms with Crippen LogP contribution in [0, 0.1) is 17.2 Å². The average molecular weight is 320 g/mol. The van der Waals surface area contributed by atoms with Crippen molar-refractivity contribution in [3.63, 3.8) is 0 Å².